The van der Waals surface area contributed by atoms with Gasteiger partial charge in [0.25, 0.3) is 0 Å². The minimum Gasteiger partial charge on any atom is -0.396 e. The first-order chi connectivity index (χ1) is 11.5. The van der Waals surface area contributed by atoms with Gasteiger partial charge < -0.3 is 9.84 Å². The lowest BCUT2D eigenvalue weighted by Crippen LogP contribution is -2.48. The average Bonchev–Trinajstić information content (AvgIpc) is 2.62. The van der Waals surface area contributed by atoms with E-state index in [1.807, 2.05) is 6.07 Å². The smallest absolute Gasteiger partial charge is 0.244 e. The molecule has 1 aromatic carbocycles. The number of benzene rings is 1. The molecule has 0 saturated carbocycles. The molecule has 24 heavy (non-hydrogen) atoms. The number of nitriles is 1. The Kier molecular flexibility index (Phi) is 6.35. The van der Waals surface area contributed by atoms with Gasteiger partial charge in [0.2, 0.25) is 10.0 Å². The summed E-state index contributed by atoms with van der Waals surface area (Å²) in [6.45, 7) is 1.22. The highest BCUT2D eigenvalue weighted by atomic mass is 32.2. The Bertz CT molecular complexity index is 699. The summed E-state index contributed by atoms with van der Waals surface area (Å²) < 4.78 is 32.4. The van der Waals surface area contributed by atoms with Gasteiger partial charge in [-0.1, -0.05) is 12.1 Å². The molecule has 6 nitrogen and oxygen atoms in total. The van der Waals surface area contributed by atoms with Crippen molar-refractivity contribution in [1.82, 2.24) is 4.31 Å². The van der Waals surface area contributed by atoms with E-state index in [0.717, 1.165) is 12.8 Å². The summed E-state index contributed by atoms with van der Waals surface area (Å²) in [7, 11) is -2.12. The van der Waals surface area contributed by atoms with E-state index in [1.165, 1.54) is 16.4 Å². The van der Waals surface area contributed by atoms with Crippen molar-refractivity contribution in [2.75, 3.05) is 33.4 Å². The molecule has 1 heterocycles. The minimum atomic E-state index is -3.75. The molecule has 1 aliphatic rings. The molecule has 0 bridgehead atoms. The van der Waals surface area contributed by atoms with E-state index in [1.54, 1.807) is 19.2 Å². The Morgan fingerprint density at radius 3 is 2.83 bits per heavy atom. The van der Waals surface area contributed by atoms with Crippen molar-refractivity contribution >= 4 is 10.0 Å². The number of hydrogen-bond acceptors (Lipinski definition) is 5. The number of sulfonamides is 1. The van der Waals surface area contributed by atoms with Crippen LogP contribution in [0.1, 0.15) is 31.2 Å². The van der Waals surface area contributed by atoms with Crippen LogP contribution in [0.4, 0.5) is 0 Å². The largest absolute Gasteiger partial charge is 0.396 e. The van der Waals surface area contributed by atoms with Gasteiger partial charge in [-0.25, -0.2) is 8.42 Å². The Morgan fingerprint density at radius 2 is 2.17 bits per heavy atom. The van der Waals surface area contributed by atoms with Crippen LogP contribution in [0.15, 0.2) is 29.2 Å². The van der Waals surface area contributed by atoms with Crippen molar-refractivity contribution in [3.8, 4) is 6.07 Å². The Hall–Kier alpha value is -1.46. The van der Waals surface area contributed by atoms with Gasteiger partial charge in [0.05, 0.1) is 10.5 Å². The number of rotatable bonds is 7. The fourth-order valence-corrected chi connectivity index (χ4v) is 5.03. The van der Waals surface area contributed by atoms with Crippen molar-refractivity contribution in [2.45, 2.75) is 30.6 Å². The van der Waals surface area contributed by atoms with Crippen LogP contribution < -0.4 is 0 Å². The van der Waals surface area contributed by atoms with Crippen molar-refractivity contribution in [3.63, 3.8) is 0 Å². The quantitative estimate of drug-likeness (QED) is 0.755. The van der Waals surface area contributed by atoms with E-state index >= 15 is 0 Å². The molecule has 0 radical (unpaired) electrons. The highest BCUT2D eigenvalue weighted by Crippen LogP contribution is 2.36. The van der Waals surface area contributed by atoms with Gasteiger partial charge >= 0.3 is 0 Å². The van der Waals surface area contributed by atoms with E-state index in [9.17, 15) is 18.8 Å². The number of aliphatic hydroxyl groups excluding tert-OH is 1. The van der Waals surface area contributed by atoms with E-state index in [-0.39, 0.29) is 23.6 Å². The van der Waals surface area contributed by atoms with Crippen molar-refractivity contribution in [1.29, 1.82) is 5.26 Å². The molecule has 2 rings (SSSR count). The number of nitrogens with zero attached hydrogens (tertiary/aromatic N) is 2. The maximum absolute atomic E-state index is 13.0. The number of piperidine rings is 1. The van der Waals surface area contributed by atoms with Crippen LogP contribution in [0, 0.1) is 16.7 Å². The Morgan fingerprint density at radius 1 is 1.42 bits per heavy atom. The van der Waals surface area contributed by atoms with Crippen LogP contribution in [0.5, 0.6) is 0 Å². The molecule has 1 N–H and O–H groups in total. The monoisotopic (exact) mass is 352 g/mol. The Balaban J connectivity index is 2.26. The fraction of sp³-hybridized carbons (Fsp3) is 0.588. The van der Waals surface area contributed by atoms with Crippen molar-refractivity contribution in [2.24, 2.45) is 5.41 Å². The first-order valence-corrected chi connectivity index (χ1v) is 9.52. The second-order valence-electron chi connectivity index (χ2n) is 6.30. The summed E-state index contributed by atoms with van der Waals surface area (Å²) in [5.74, 6) is 0. The molecule has 1 atom stereocenters. The summed E-state index contributed by atoms with van der Waals surface area (Å²) in [6.07, 6.45) is 2.98. The normalized spacial score (nSPS) is 22.2. The Labute approximate surface area is 143 Å². The molecule has 1 saturated heterocycles. The zero-order valence-corrected chi connectivity index (χ0v) is 14.8. The maximum atomic E-state index is 13.0. The van der Waals surface area contributed by atoms with E-state index in [4.69, 9.17) is 4.74 Å². The molecule has 7 heteroatoms. The van der Waals surface area contributed by atoms with Gasteiger partial charge in [-0.2, -0.15) is 9.57 Å². The standard InChI is InChI=1S/C17H24N2O4S/c1-23-11-5-9-17(14-20)8-4-10-19(13-17)24(21,22)16-7-3-2-6-15(16)12-18/h2-3,6-7,20H,4-5,8-11,13-14H2,1H3. The highest BCUT2D eigenvalue weighted by molar-refractivity contribution is 7.89. The van der Waals surface area contributed by atoms with Gasteiger partial charge in [0.15, 0.2) is 0 Å². The van der Waals surface area contributed by atoms with Crippen molar-refractivity contribution < 1.29 is 18.3 Å². The lowest BCUT2D eigenvalue weighted by atomic mass is 9.78. The first kappa shape index (κ1) is 18.9. The molecule has 0 aromatic heterocycles. The van der Waals surface area contributed by atoms with Crippen LogP contribution in [0.3, 0.4) is 0 Å². The third-order valence-electron chi connectivity index (χ3n) is 4.64. The SMILES string of the molecule is COCCCC1(CO)CCCN(S(=O)(=O)c2ccccc2C#N)C1. The highest BCUT2D eigenvalue weighted by Gasteiger charge is 2.40. The predicted octanol–water partition coefficient (Wildman–Crippen LogP) is 1.75. The summed E-state index contributed by atoms with van der Waals surface area (Å²) in [5, 5.41) is 19.1. The minimum absolute atomic E-state index is 0.0399. The molecule has 1 aliphatic heterocycles. The number of ether oxygens (including phenoxy) is 1. The van der Waals surface area contributed by atoms with E-state index < -0.39 is 15.4 Å². The lowest BCUT2D eigenvalue weighted by molar-refractivity contribution is 0.0472. The third kappa shape index (κ3) is 3.95. The van der Waals surface area contributed by atoms with Gasteiger partial charge in [-0.05, 0) is 37.8 Å². The van der Waals surface area contributed by atoms with Crippen LogP contribution in [0.2, 0.25) is 0 Å². The van der Waals surface area contributed by atoms with E-state index in [0.29, 0.717) is 26.0 Å². The predicted molar refractivity (Wildman–Crippen MR) is 89.8 cm³/mol. The molecule has 0 spiro atoms. The number of aliphatic hydroxyl groups is 1. The average molecular weight is 352 g/mol. The van der Waals surface area contributed by atoms with Crippen molar-refractivity contribution in [3.05, 3.63) is 29.8 Å². The van der Waals surface area contributed by atoms with Crippen LogP contribution >= 0.6 is 0 Å². The number of methoxy groups -OCH3 is 1. The summed E-state index contributed by atoms with van der Waals surface area (Å²) in [5.41, 5.74) is -0.289. The molecular weight excluding hydrogens is 328 g/mol. The second-order valence-corrected chi connectivity index (χ2v) is 8.21. The molecule has 1 fully saturated rings. The zero-order chi connectivity index (χ0) is 17.6. The fourth-order valence-electron chi connectivity index (χ4n) is 3.29. The molecule has 0 aliphatic carbocycles. The molecule has 1 aromatic rings. The van der Waals surface area contributed by atoms with Gasteiger partial charge in [0.1, 0.15) is 6.07 Å². The molecule has 132 valence electrons. The zero-order valence-electron chi connectivity index (χ0n) is 13.9. The molecule has 0 amide bonds. The van der Waals surface area contributed by atoms with Gasteiger partial charge in [0, 0.05) is 38.8 Å². The third-order valence-corrected chi connectivity index (χ3v) is 6.55. The van der Waals surface area contributed by atoms with Gasteiger partial charge in [-0.15, -0.1) is 0 Å². The summed E-state index contributed by atoms with van der Waals surface area (Å²) >= 11 is 0. The number of hydrogen-bond donors (Lipinski definition) is 1. The maximum Gasteiger partial charge on any atom is 0.244 e. The first-order valence-electron chi connectivity index (χ1n) is 8.08. The van der Waals surface area contributed by atoms with E-state index in [2.05, 4.69) is 0 Å². The molecule has 1 unspecified atom stereocenters. The molecular formula is C17H24N2O4S. The topological polar surface area (TPSA) is 90.6 Å². The van der Waals surface area contributed by atoms with Crippen LogP contribution in [-0.4, -0.2) is 51.2 Å². The van der Waals surface area contributed by atoms with Crippen LogP contribution in [-0.2, 0) is 14.8 Å². The summed E-state index contributed by atoms with van der Waals surface area (Å²) in [6, 6.07) is 8.19. The second kappa shape index (κ2) is 8.08. The van der Waals surface area contributed by atoms with Gasteiger partial charge in [-0.3, -0.25) is 0 Å². The van der Waals surface area contributed by atoms with Crippen LogP contribution in [0.25, 0.3) is 0 Å². The lowest BCUT2D eigenvalue weighted by Gasteiger charge is -2.41. The summed E-state index contributed by atoms with van der Waals surface area (Å²) in [4.78, 5) is 0.0399.